The molecule has 0 saturated heterocycles. The molecule has 0 unspecified atom stereocenters. The summed E-state index contributed by atoms with van der Waals surface area (Å²) in [5, 5.41) is 3.94. The first-order valence-corrected chi connectivity index (χ1v) is 7.13. The Bertz CT molecular complexity index is 341. The van der Waals surface area contributed by atoms with Crippen LogP contribution in [0.5, 0.6) is 0 Å². The lowest BCUT2D eigenvalue weighted by Gasteiger charge is -2.19. The molecule has 1 heterocycles. The molecule has 0 amide bonds. The predicted molar refractivity (Wildman–Crippen MR) is 68.9 cm³/mol. The molecule has 1 rings (SSSR count). The first-order chi connectivity index (χ1) is 8.01. The van der Waals surface area contributed by atoms with Crippen molar-refractivity contribution in [3.05, 3.63) is 11.7 Å². The summed E-state index contributed by atoms with van der Waals surface area (Å²) in [6.45, 7) is 6.37. The lowest BCUT2D eigenvalue weighted by molar-refractivity contribution is -0.0221. The molecule has 0 aromatic carbocycles. The maximum atomic E-state index is 5.96. The van der Waals surface area contributed by atoms with Gasteiger partial charge in [0.2, 0.25) is 11.7 Å². The summed E-state index contributed by atoms with van der Waals surface area (Å²) in [4.78, 5) is 4.32. The van der Waals surface area contributed by atoms with Crippen LogP contribution in [0.25, 0.3) is 0 Å². The van der Waals surface area contributed by atoms with E-state index in [1.165, 1.54) is 0 Å². The Morgan fingerprint density at radius 1 is 1.53 bits per heavy atom. The van der Waals surface area contributed by atoms with Crippen LogP contribution < -0.4 is 5.73 Å². The van der Waals surface area contributed by atoms with Crippen LogP contribution in [0.4, 0.5) is 0 Å². The molecule has 17 heavy (non-hydrogen) atoms. The first-order valence-electron chi connectivity index (χ1n) is 5.73. The van der Waals surface area contributed by atoms with Gasteiger partial charge < -0.3 is 15.0 Å². The van der Waals surface area contributed by atoms with Crippen molar-refractivity contribution in [2.24, 2.45) is 5.73 Å². The Labute approximate surface area is 106 Å². The minimum Gasteiger partial charge on any atom is -0.368 e. The van der Waals surface area contributed by atoms with Crippen molar-refractivity contribution in [2.45, 2.75) is 38.8 Å². The van der Waals surface area contributed by atoms with Crippen molar-refractivity contribution < 1.29 is 9.26 Å². The maximum absolute atomic E-state index is 5.96. The van der Waals surface area contributed by atoms with E-state index in [0.717, 1.165) is 12.2 Å². The van der Waals surface area contributed by atoms with Gasteiger partial charge in [0.1, 0.15) is 5.60 Å². The Morgan fingerprint density at radius 2 is 2.24 bits per heavy atom. The van der Waals surface area contributed by atoms with E-state index < -0.39 is 5.60 Å². The highest BCUT2D eigenvalue weighted by atomic mass is 32.2. The molecular weight excluding hydrogens is 238 g/mol. The van der Waals surface area contributed by atoms with Gasteiger partial charge in [-0.1, -0.05) is 5.16 Å². The SMILES string of the molecule is CCOC(C)(C)c1noc([C@@H](N)CCSC)n1. The van der Waals surface area contributed by atoms with Gasteiger partial charge in [0, 0.05) is 6.61 Å². The summed E-state index contributed by atoms with van der Waals surface area (Å²) in [5.74, 6) is 2.02. The lowest BCUT2D eigenvalue weighted by atomic mass is 10.1. The van der Waals surface area contributed by atoms with Crippen molar-refractivity contribution in [1.29, 1.82) is 0 Å². The van der Waals surface area contributed by atoms with E-state index in [9.17, 15) is 0 Å². The van der Waals surface area contributed by atoms with Crippen LogP contribution in [0.15, 0.2) is 4.52 Å². The normalized spacial score (nSPS) is 13.9. The topological polar surface area (TPSA) is 74.2 Å². The number of hydrogen-bond donors (Lipinski definition) is 1. The number of nitrogens with two attached hydrogens (primary N) is 1. The second-order valence-corrected chi connectivity index (χ2v) is 5.27. The van der Waals surface area contributed by atoms with Gasteiger partial charge in [-0.05, 0) is 39.2 Å². The molecule has 98 valence electrons. The van der Waals surface area contributed by atoms with E-state index in [1.54, 1.807) is 11.8 Å². The fraction of sp³-hybridized carbons (Fsp3) is 0.818. The van der Waals surface area contributed by atoms with Gasteiger partial charge in [0.05, 0.1) is 6.04 Å². The average Bonchev–Trinajstić information content (AvgIpc) is 2.75. The molecule has 0 fully saturated rings. The summed E-state index contributed by atoms with van der Waals surface area (Å²) in [5.41, 5.74) is 5.43. The first kappa shape index (κ1) is 14.5. The molecule has 5 nitrogen and oxygen atoms in total. The number of rotatable bonds is 7. The second-order valence-electron chi connectivity index (χ2n) is 4.29. The van der Waals surface area contributed by atoms with Crippen LogP contribution in [0, 0.1) is 0 Å². The third kappa shape index (κ3) is 3.97. The third-order valence-corrected chi connectivity index (χ3v) is 3.08. The standard InChI is InChI=1S/C11H21N3O2S/c1-5-15-11(2,3)10-13-9(16-14-10)8(12)6-7-17-4/h8H,5-7,12H2,1-4H3/t8-/m0/s1. The minimum absolute atomic E-state index is 0.193. The van der Waals surface area contributed by atoms with Crippen molar-refractivity contribution in [3.63, 3.8) is 0 Å². The van der Waals surface area contributed by atoms with Crippen molar-refractivity contribution in [2.75, 3.05) is 18.6 Å². The lowest BCUT2D eigenvalue weighted by Crippen LogP contribution is -2.23. The van der Waals surface area contributed by atoms with Crippen LogP contribution in [-0.2, 0) is 10.3 Å². The zero-order valence-electron chi connectivity index (χ0n) is 10.9. The molecule has 1 atom stereocenters. The number of hydrogen-bond acceptors (Lipinski definition) is 6. The Morgan fingerprint density at radius 3 is 2.82 bits per heavy atom. The summed E-state index contributed by atoms with van der Waals surface area (Å²) in [6, 6.07) is -0.193. The molecule has 0 aliphatic heterocycles. The van der Waals surface area contributed by atoms with E-state index >= 15 is 0 Å². The summed E-state index contributed by atoms with van der Waals surface area (Å²) in [6.07, 6.45) is 2.88. The number of nitrogens with zero attached hydrogens (tertiary/aromatic N) is 2. The van der Waals surface area contributed by atoms with Gasteiger partial charge in [-0.3, -0.25) is 0 Å². The molecule has 0 radical (unpaired) electrons. The molecule has 0 aliphatic rings. The molecule has 2 N–H and O–H groups in total. The molecule has 1 aromatic heterocycles. The fourth-order valence-corrected chi connectivity index (χ4v) is 1.91. The van der Waals surface area contributed by atoms with E-state index in [1.807, 2.05) is 27.0 Å². The van der Waals surface area contributed by atoms with E-state index in [-0.39, 0.29) is 6.04 Å². The zero-order valence-corrected chi connectivity index (χ0v) is 11.7. The molecule has 0 saturated carbocycles. The van der Waals surface area contributed by atoms with Crippen molar-refractivity contribution in [3.8, 4) is 0 Å². The monoisotopic (exact) mass is 259 g/mol. The van der Waals surface area contributed by atoms with Crippen LogP contribution in [-0.4, -0.2) is 28.8 Å². The van der Waals surface area contributed by atoms with Crippen LogP contribution in [0.3, 0.4) is 0 Å². The van der Waals surface area contributed by atoms with Crippen molar-refractivity contribution >= 4 is 11.8 Å². The fourth-order valence-electron chi connectivity index (χ4n) is 1.42. The molecule has 0 spiro atoms. The highest BCUT2D eigenvalue weighted by Crippen LogP contribution is 2.23. The summed E-state index contributed by atoms with van der Waals surface area (Å²) in [7, 11) is 0. The van der Waals surface area contributed by atoms with E-state index in [0.29, 0.717) is 18.3 Å². The van der Waals surface area contributed by atoms with Crippen LogP contribution in [0.2, 0.25) is 0 Å². The minimum atomic E-state index is -0.532. The molecular formula is C11H21N3O2S. The third-order valence-electron chi connectivity index (χ3n) is 2.44. The Hall–Kier alpha value is -0.590. The average molecular weight is 259 g/mol. The number of thioether (sulfide) groups is 1. The zero-order chi connectivity index (χ0) is 12.9. The van der Waals surface area contributed by atoms with Gasteiger partial charge in [0.25, 0.3) is 0 Å². The van der Waals surface area contributed by atoms with Crippen LogP contribution in [0.1, 0.15) is 44.9 Å². The van der Waals surface area contributed by atoms with Crippen molar-refractivity contribution in [1.82, 2.24) is 10.1 Å². The van der Waals surface area contributed by atoms with Gasteiger partial charge >= 0.3 is 0 Å². The summed E-state index contributed by atoms with van der Waals surface area (Å²) >= 11 is 1.75. The number of aromatic nitrogens is 2. The number of ether oxygens (including phenoxy) is 1. The van der Waals surface area contributed by atoms with Gasteiger partial charge in [-0.2, -0.15) is 16.7 Å². The summed E-state index contributed by atoms with van der Waals surface area (Å²) < 4.78 is 10.7. The van der Waals surface area contributed by atoms with E-state index in [4.69, 9.17) is 15.0 Å². The van der Waals surface area contributed by atoms with Crippen LogP contribution >= 0.6 is 11.8 Å². The highest BCUT2D eigenvalue weighted by molar-refractivity contribution is 7.98. The smallest absolute Gasteiger partial charge is 0.243 e. The van der Waals surface area contributed by atoms with E-state index in [2.05, 4.69) is 10.1 Å². The van der Waals surface area contributed by atoms with Gasteiger partial charge in [-0.15, -0.1) is 0 Å². The molecule has 0 aliphatic carbocycles. The second kappa shape index (κ2) is 6.37. The Balaban J connectivity index is 2.70. The maximum Gasteiger partial charge on any atom is 0.243 e. The molecule has 0 bridgehead atoms. The highest BCUT2D eigenvalue weighted by Gasteiger charge is 2.28. The van der Waals surface area contributed by atoms with Gasteiger partial charge in [-0.25, -0.2) is 0 Å². The quantitative estimate of drug-likeness (QED) is 0.808. The Kier molecular flexibility index (Phi) is 5.42. The van der Waals surface area contributed by atoms with Gasteiger partial charge in [0.15, 0.2) is 0 Å². The largest absolute Gasteiger partial charge is 0.368 e. The molecule has 6 heteroatoms. The predicted octanol–water partition coefficient (Wildman–Crippen LogP) is 2.09. The molecule has 1 aromatic rings.